The van der Waals surface area contributed by atoms with E-state index in [1.54, 1.807) is 12.1 Å². The monoisotopic (exact) mass is 327 g/mol. The fourth-order valence-corrected chi connectivity index (χ4v) is 1.94. The van der Waals surface area contributed by atoms with Gasteiger partial charge in [0.05, 0.1) is 0 Å². The van der Waals surface area contributed by atoms with Crippen LogP contribution in [-0.2, 0) is 4.79 Å². The SMILES string of the molecule is Cc1cccc(C(=O)NC(C(=O)N[C@@H](C)CN)C(C)C)c1.Cl. The number of hydrogen-bond donors (Lipinski definition) is 3. The van der Waals surface area contributed by atoms with Crippen LogP contribution in [0.2, 0.25) is 0 Å². The lowest BCUT2D eigenvalue weighted by Gasteiger charge is -2.23. The third kappa shape index (κ3) is 6.03. The van der Waals surface area contributed by atoms with Gasteiger partial charge >= 0.3 is 0 Å². The van der Waals surface area contributed by atoms with E-state index in [0.29, 0.717) is 12.1 Å². The van der Waals surface area contributed by atoms with Crippen molar-refractivity contribution in [1.29, 1.82) is 0 Å². The predicted molar refractivity (Wildman–Crippen MR) is 91.2 cm³/mol. The number of benzene rings is 1. The first kappa shape index (κ1) is 20.4. The van der Waals surface area contributed by atoms with Gasteiger partial charge in [-0.25, -0.2) is 0 Å². The maximum Gasteiger partial charge on any atom is 0.251 e. The summed E-state index contributed by atoms with van der Waals surface area (Å²) < 4.78 is 0. The first-order chi connectivity index (χ1) is 9.85. The van der Waals surface area contributed by atoms with Crippen LogP contribution >= 0.6 is 12.4 Å². The van der Waals surface area contributed by atoms with Gasteiger partial charge < -0.3 is 16.4 Å². The molecule has 0 heterocycles. The second-order valence-corrected chi connectivity index (χ2v) is 5.71. The van der Waals surface area contributed by atoms with Crippen LogP contribution in [-0.4, -0.2) is 30.4 Å². The zero-order valence-electron chi connectivity index (χ0n) is 13.6. The average Bonchev–Trinajstić information content (AvgIpc) is 2.43. The molecule has 1 unspecified atom stereocenters. The maximum absolute atomic E-state index is 12.3. The Morgan fingerprint density at radius 3 is 2.32 bits per heavy atom. The zero-order chi connectivity index (χ0) is 16.0. The highest BCUT2D eigenvalue weighted by molar-refractivity contribution is 5.97. The van der Waals surface area contributed by atoms with E-state index in [1.165, 1.54) is 0 Å². The molecule has 0 aliphatic heterocycles. The van der Waals surface area contributed by atoms with Crippen molar-refractivity contribution >= 4 is 24.2 Å². The molecule has 124 valence electrons. The molecule has 0 aliphatic carbocycles. The highest BCUT2D eigenvalue weighted by atomic mass is 35.5. The highest BCUT2D eigenvalue weighted by Crippen LogP contribution is 2.07. The fourth-order valence-electron chi connectivity index (χ4n) is 1.94. The molecule has 0 aliphatic rings. The molecule has 22 heavy (non-hydrogen) atoms. The summed E-state index contributed by atoms with van der Waals surface area (Å²) in [5.74, 6) is -0.458. The molecule has 2 atom stereocenters. The summed E-state index contributed by atoms with van der Waals surface area (Å²) in [6.45, 7) is 7.91. The van der Waals surface area contributed by atoms with E-state index in [4.69, 9.17) is 5.73 Å². The zero-order valence-corrected chi connectivity index (χ0v) is 14.4. The van der Waals surface area contributed by atoms with Crippen molar-refractivity contribution < 1.29 is 9.59 Å². The van der Waals surface area contributed by atoms with Crippen molar-refractivity contribution in [1.82, 2.24) is 10.6 Å². The number of nitrogens with two attached hydrogens (primary N) is 1. The number of rotatable bonds is 6. The van der Waals surface area contributed by atoms with Gasteiger partial charge in [-0.15, -0.1) is 12.4 Å². The van der Waals surface area contributed by atoms with E-state index in [1.807, 2.05) is 39.8 Å². The minimum absolute atomic E-state index is 0. The van der Waals surface area contributed by atoms with Gasteiger partial charge in [-0.1, -0.05) is 31.5 Å². The Morgan fingerprint density at radius 1 is 1.18 bits per heavy atom. The molecule has 0 radical (unpaired) electrons. The molecule has 1 aromatic rings. The molecule has 0 saturated carbocycles. The van der Waals surface area contributed by atoms with Crippen molar-refractivity contribution in [3.05, 3.63) is 35.4 Å². The molecule has 0 bridgehead atoms. The van der Waals surface area contributed by atoms with Crippen molar-refractivity contribution in [2.24, 2.45) is 11.7 Å². The molecule has 0 spiro atoms. The number of carbonyl (C=O) groups is 2. The van der Waals surface area contributed by atoms with Crippen LogP contribution in [0.25, 0.3) is 0 Å². The smallest absolute Gasteiger partial charge is 0.251 e. The third-order valence-electron chi connectivity index (χ3n) is 3.26. The van der Waals surface area contributed by atoms with Gasteiger partial charge in [-0.05, 0) is 31.9 Å². The van der Waals surface area contributed by atoms with Crippen LogP contribution in [0, 0.1) is 12.8 Å². The molecule has 6 heteroatoms. The number of halogens is 1. The van der Waals surface area contributed by atoms with E-state index in [-0.39, 0.29) is 36.2 Å². The Balaban J connectivity index is 0.00000441. The highest BCUT2D eigenvalue weighted by Gasteiger charge is 2.25. The first-order valence-corrected chi connectivity index (χ1v) is 7.23. The Hall–Kier alpha value is -1.59. The lowest BCUT2D eigenvalue weighted by Crippen LogP contribution is -2.52. The minimum Gasteiger partial charge on any atom is -0.351 e. The molecule has 1 rings (SSSR count). The van der Waals surface area contributed by atoms with Crippen molar-refractivity contribution in [3.8, 4) is 0 Å². The summed E-state index contributed by atoms with van der Waals surface area (Å²) in [6.07, 6.45) is 0. The van der Waals surface area contributed by atoms with Crippen LogP contribution in [0.5, 0.6) is 0 Å². The topological polar surface area (TPSA) is 84.2 Å². The van der Waals surface area contributed by atoms with Gasteiger partial charge in [-0.3, -0.25) is 9.59 Å². The van der Waals surface area contributed by atoms with Crippen LogP contribution in [0.3, 0.4) is 0 Å². The molecule has 0 aromatic heterocycles. The summed E-state index contributed by atoms with van der Waals surface area (Å²) in [5, 5.41) is 5.60. The van der Waals surface area contributed by atoms with Gasteiger partial charge in [0.2, 0.25) is 5.91 Å². The number of nitrogens with one attached hydrogen (secondary N) is 2. The normalized spacial score (nSPS) is 13.0. The molecule has 0 saturated heterocycles. The van der Waals surface area contributed by atoms with E-state index in [2.05, 4.69) is 10.6 Å². The van der Waals surface area contributed by atoms with Crippen LogP contribution in [0.1, 0.15) is 36.7 Å². The summed E-state index contributed by atoms with van der Waals surface area (Å²) in [5.41, 5.74) is 7.06. The third-order valence-corrected chi connectivity index (χ3v) is 3.26. The summed E-state index contributed by atoms with van der Waals surface area (Å²) in [6, 6.07) is 6.59. The number of hydrogen-bond acceptors (Lipinski definition) is 3. The molecular weight excluding hydrogens is 302 g/mol. The first-order valence-electron chi connectivity index (χ1n) is 7.23. The van der Waals surface area contributed by atoms with Crippen LogP contribution in [0.15, 0.2) is 24.3 Å². The lowest BCUT2D eigenvalue weighted by molar-refractivity contribution is -0.124. The van der Waals surface area contributed by atoms with Gasteiger partial charge in [0.1, 0.15) is 6.04 Å². The second-order valence-electron chi connectivity index (χ2n) is 5.71. The maximum atomic E-state index is 12.3. The Bertz CT molecular complexity index is 506. The van der Waals surface area contributed by atoms with Gasteiger partial charge in [-0.2, -0.15) is 0 Å². The van der Waals surface area contributed by atoms with Crippen LogP contribution in [0.4, 0.5) is 0 Å². The Morgan fingerprint density at radius 2 is 1.82 bits per heavy atom. The standard InChI is InChI=1S/C16H25N3O2.ClH/c1-10(2)14(16(21)18-12(4)9-17)19-15(20)13-7-5-6-11(3)8-13;/h5-8,10,12,14H,9,17H2,1-4H3,(H,18,21)(H,19,20);1H/t12-,14?;/m0./s1. The number of carbonyl (C=O) groups excluding carboxylic acids is 2. The van der Waals surface area contributed by atoms with Gasteiger partial charge in [0.25, 0.3) is 5.91 Å². The predicted octanol–water partition coefficient (Wildman–Crippen LogP) is 1.63. The summed E-state index contributed by atoms with van der Waals surface area (Å²) >= 11 is 0. The molecule has 5 nitrogen and oxygen atoms in total. The largest absolute Gasteiger partial charge is 0.351 e. The number of aryl methyl sites for hydroxylation is 1. The van der Waals surface area contributed by atoms with Crippen molar-refractivity contribution in [2.75, 3.05) is 6.54 Å². The molecule has 4 N–H and O–H groups in total. The minimum atomic E-state index is -0.577. The van der Waals surface area contributed by atoms with Gasteiger partial charge in [0, 0.05) is 18.2 Å². The Kier molecular flexibility index (Phi) is 8.75. The van der Waals surface area contributed by atoms with E-state index < -0.39 is 6.04 Å². The quantitative estimate of drug-likeness (QED) is 0.742. The average molecular weight is 328 g/mol. The van der Waals surface area contributed by atoms with Crippen molar-refractivity contribution in [3.63, 3.8) is 0 Å². The van der Waals surface area contributed by atoms with E-state index in [9.17, 15) is 9.59 Å². The summed E-state index contributed by atoms with van der Waals surface area (Å²) in [4.78, 5) is 24.5. The number of amides is 2. The van der Waals surface area contributed by atoms with Gasteiger partial charge in [0.15, 0.2) is 0 Å². The fraction of sp³-hybridized carbons (Fsp3) is 0.500. The van der Waals surface area contributed by atoms with E-state index >= 15 is 0 Å². The second kappa shape index (κ2) is 9.43. The van der Waals surface area contributed by atoms with Crippen LogP contribution < -0.4 is 16.4 Å². The molecule has 2 amide bonds. The molecular formula is C16H26ClN3O2. The molecule has 1 aromatic carbocycles. The van der Waals surface area contributed by atoms with E-state index in [0.717, 1.165) is 5.56 Å². The molecule has 0 fully saturated rings. The Labute approximate surface area is 138 Å². The van der Waals surface area contributed by atoms with Crippen molar-refractivity contribution in [2.45, 2.75) is 39.8 Å². The summed E-state index contributed by atoms with van der Waals surface area (Å²) in [7, 11) is 0. The lowest BCUT2D eigenvalue weighted by atomic mass is 10.0.